The number of benzene rings is 6. The van der Waals surface area contributed by atoms with Crippen molar-refractivity contribution in [3.05, 3.63) is 156 Å². The molecule has 67 heavy (non-hydrogen) atoms. The Morgan fingerprint density at radius 2 is 1.33 bits per heavy atom. The number of rotatable bonds is 11. The van der Waals surface area contributed by atoms with Crippen molar-refractivity contribution in [3.8, 4) is 22.3 Å². The quantitative estimate of drug-likeness (QED) is 0.0695. The number of nitrogen functional groups attached to an aromatic ring is 2. The lowest BCUT2D eigenvalue weighted by Crippen LogP contribution is -2.43. The highest BCUT2D eigenvalue weighted by molar-refractivity contribution is 6.14. The third-order valence-electron chi connectivity index (χ3n) is 13.0. The summed E-state index contributed by atoms with van der Waals surface area (Å²) < 4.78 is 7.58. The van der Waals surface area contributed by atoms with E-state index in [2.05, 4.69) is 53.6 Å². The number of morpholine rings is 1. The third-order valence-corrected chi connectivity index (χ3v) is 13.0. The first-order chi connectivity index (χ1) is 32.8. The smallest absolute Gasteiger partial charge is 0.257 e. The Kier molecular flexibility index (Phi) is 12.7. The SMILES string of the molecule is Nc1ccc(-c2ccccc2)cc1NC(=O)c1c[nH]c2cc(N3CCNCC3)ccc12.Nc1ccc(-c2ccccc2)cc1NC(=O)c1cc(C2CC2)c2c(cnn2CCN2CCOCC2)c1. The molecule has 0 unspecified atom stereocenters. The van der Waals surface area contributed by atoms with Crippen LogP contribution in [0.25, 0.3) is 44.1 Å². The molecule has 8 N–H and O–H groups in total. The summed E-state index contributed by atoms with van der Waals surface area (Å²) in [4.78, 5) is 34.5. The number of amides is 2. The van der Waals surface area contributed by atoms with Crippen molar-refractivity contribution >= 4 is 62.1 Å². The number of carbonyl (C=O) groups excluding carboxylic acids is 2. The van der Waals surface area contributed by atoms with Crippen LogP contribution in [0, 0.1) is 0 Å². The fourth-order valence-electron chi connectivity index (χ4n) is 9.09. The van der Waals surface area contributed by atoms with E-state index >= 15 is 0 Å². The summed E-state index contributed by atoms with van der Waals surface area (Å²) in [6.45, 7) is 9.24. The van der Waals surface area contributed by atoms with Crippen LogP contribution < -0.4 is 32.3 Å². The molecule has 0 spiro atoms. The molecule has 2 saturated heterocycles. The Labute approximate surface area is 390 Å². The number of hydrogen-bond donors (Lipinski definition) is 6. The lowest BCUT2D eigenvalue weighted by Gasteiger charge is -2.29. The molecule has 11 rings (SSSR count). The molecule has 340 valence electrons. The van der Waals surface area contributed by atoms with Gasteiger partial charge in [-0.05, 0) is 101 Å². The van der Waals surface area contributed by atoms with Crippen LogP contribution in [0.3, 0.4) is 0 Å². The van der Waals surface area contributed by atoms with E-state index < -0.39 is 0 Å². The zero-order valence-corrected chi connectivity index (χ0v) is 37.5. The fraction of sp³-hybridized carbons (Fsp3) is 0.241. The highest BCUT2D eigenvalue weighted by Gasteiger charge is 2.29. The topological polar surface area (TPSA) is 172 Å². The maximum Gasteiger partial charge on any atom is 0.257 e. The Balaban J connectivity index is 0.000000159. The van der Waals surface area contributed by atoms with E-state index in [1.807, 2.05) is 115 Å². The first-order valence-electron chi connectivity index (χ1n) is 23.2. The Hall–Kier alpha value is -7.45. The van der Waals surface area contributed by atoms with E-state index in [-0.39, 0.29) is 11.8 Å². The highest BCUT2D eigenvalue weighted by Crippen LogP contribution is 2.44. The zero-order valence-electron chi connectivity index (χ0n) is 37.5. The van der Waals surface area contributed by atoms with Crippen molar-refractivity contribution in [2.24, 2.45) is 0 Å². The number of anilines is 5. The van der Waals surface area contributed by atoms with Crippen molar-refractivity contribution in [3.63, 3.8) is 0 Å². The maximum atomic E-state index is 13.4. The standard InChI is InChI=1S/C29H31N5O2.C25H25N5O/c30-26-9-8-22(20-4-2-1-3-5-20)18-27(26)32-29(35)23-16-24-19-31-34(11-10-33-12-14-36-15-13-33)28(24)25(17-23)21-6-7-21;26-22-9-6-18(17-4-2-1-3-5-17)14-24(22)29-25(31)21-16-28-23-15-19(7-8-20(21)23)30-12-10-27-11-13-30/h1-5,8-9,16-19,21H,6-7,10-15,30H2,(H,32,35);1-9,14-16,27-28H,10-13,26H2,(H,29,31). The number of H-pyrrole nitrogens is 1. The third kappa shape index (κ3) is 9.90. The summed E-state index contributed by atoms with van der Waals surface area (Å²) in [5.74, 6) is 0.153. The molecule has 1 aliphatic carbocycles. The van der Waals surface area contributed by atoms with Crippen molar-refractivity contribution in [1.29, 1.82) is 0 Å². The van der Waals surface area contributed by atoms with Gasteiger partial charge in [-0.25, -0.2) is 0 Å². The van der Waals surface area contributed by atoms with Crippen LogP contribution in [-0.4, -0.2) is 90.5 Å². The van der Waals surface area contributed by atoms with Crippen molar-refractivity contribution in [2.75, 3.05) is 86.0 Å². The Morgan fingerprint density at radius 1 is 0.687 bits per heavy atom. The molecule has 3 fully saturated rings. The minimum absolute atomic E-state index is 0.156. The maximum absolute atomic E-state index is 13.4. The first kappa shape index (κ1) is 43.4. The molecule has 2 aliphatic heterocycles. The number of aromatic nitrogens is 3. The second-order valence-corrected chi connectivity index (χ2v) is 17.5. The predicted octanol–water partition coefficient (Wildman–Crippen LogP) is 8.83. The van der Waals surface area contributed by atoms with E-state index in [1.54, 1.807) is 6.20 Å². The fourth-order valence-corrected chi connectivity index (χ4v) is 9.09. The van der Waals surface area contributed by atoms with E-state index in [4.69, 9.17) is 21.3 Å². The second kappa shape index (κ2) is 19.6. The first-order valence-corrected chi connectivity index (χ1v) is 23.2. The van der Waals surface area contributed by atoms with Gasteiger partial charge in [0.15, 0.2) is 0 Å². The van der Waals surface area contributed by atoms with Gasteiger partial charge in [0.05, 0.1) is 59.8 Å². The van der Waals surface area contributed by atoms with Gasteiger partial charge in [-0.2, -0.15) is 5.10 Å². The van der Waals surface area contributed by atoms with Crippen LogP contribution in [0.5, 0.6) is 0 Å². The average Bonchev–Trinajstić information content (AvgIpc) is 4.01. The number of fused-ring (bicyclic) bond motifs is 2. The lowest BCUT2D eigenvalue weighted by molar-refractivity contribution is 0.0361. The van der Waals surface area contributed by atoms with Gasteiger partial charge in [0, 0.05) is 79.6 Å². The summed E-state index contributed by atoms with van der Waals surface area (Å²) in [6.07, 6.45) is 5.96. The summed E-state index contributed by atoms with van der Waals surface area (Å²) >= 11 is 0. The van der Waals surface area contributed by atoms with Gasteiger partial charge in [0.25, 0.3) is 11.8 Å². The average molecular weight is 893 g/mol. The zero-order chi connectivity index (χ0) is 45.7. The van der Waals surface area contributed by atoms with Gasteiger partial charge >= 0.3 is 0 Å². The highest BCUT2D eigenvalue weighted by atomic mass is 16.5. The Bertz CT molecular complexity index is 3020. The minimum atomic E-state index is -0.182. The molecule has 8 aromatic rings. The summed E-state index contributed by atoms with van der Waals surface area (Å²) in [6, 6.07) is 41.8. The van der Waals surface area contributed by atoms with Crippen LogP contribution in [-0.2, 0) is 11.3 Å². The van der Waals surface area contributed by atoms with E-state index in [9.17, 15) is 9.59 Å². The van der Waals surface area contributed by atoms with E-state index in [1.165, 1.54) is 11.3 Å². The van der Waals surface area contributed by atoms with E-state index in [0.717, 1.165) is 122 Å². The van der Waals surface area contributed by atoms with Crippen LogP contribution in [0.1, 0.15) is 45.0 Å². The number of aromatic amines is 1. The number of nitrogens with one attached hydrogen (secondary N) is 4. The summed E-state index contributed by atoms with van der Waals surface area (Å²) in [5.41, 5.74) is 24.6. The molecule has 6 aromatic carbocycles. The van der Waals surface area contributed by atoms with Gasteiger partial charge in [0.2, 0.25) is 0 Å². The van der Waals surface area contributed by atoms with Gasteiger partial charge in [-0.1, -0.05) is 72.8 Å². The number of nitrogens with zero attached hydrogens (tertiary/aromatic N) is 4. The normalized spacial score (nSPS) is 15.3. The molecule has 13 nitrogen and oxygen atoms in total. The van der Waals surface area contributed by atoms with Crippen LogP contribution in [0.2, 0.25) is 0 Å². The molecule has 1 saturated carbocycles. The largest absolute Gasteiger partial charge is 0.397 e. The molecule has 0 atom stereocenters. The molecule has 13 heteroatoms. The number of carbonyl (C=O) groups is 2. The molecule has 4 heterocycles. The predicted molar refractivity (Wildman–Crippen MR) is 271 cm³/mol. The van der Waals surface area contributed by atoms with Crippen LogP contribution in [0.4, 0.5) is 28.4 Å². The van der Waals surface area contributed by atoms with Crippen molar-refractivity contribution in [2.45, 2.75) is 25.3 Å². The van der Waals surface area contributed by atoms with Crippen LogP contribution >= 0.6 is 0 Å². The summed E-state index contributed by atoms with van der Waals surface area (Å²) in [7, 11) is 0. The molecule has 2 amide bonds. The monoisotopic (exact) mass is 892 g/mol. The van der Waals surface area contributed by atoms with Gasteiger partial charge in [0.1, 0.15) is 0 Å². The van der Waals surface area contributed by atoms with Gasteiger partial charge in [-0.15, -0.1) is 0 Å². The number of ether oxygens (including phenoxy) is 1. The molecule has 2 aromatic heterocycles. The molecular weight excluding hydrogens is 837 g/mol. The molecule has 0 bridgehead atoms. The minimum Gasteiger partial charge on any atom is -0.397 e. The number of nitrogens with two attached hydrogens (primary N) is 2. The molecule has 3 aliphatic rings. The van der Waals surface area contributed by atoms with Gasteiger partial charge in [-0.3, -0.25) is 19.2 Å². The second-order valence-electron chi connectivity index (χ2n) is 17.5. The van der Waals surface area contributed by atoms with E-state index in [0.29, 0.717) is 39.8 Å². The van der Waals surface area contributed by atoms with Crippen molar-refractivity contribution in [1.82, 2.24) is 25.0 Å². The van der Waals surface area contributed by atoms with Crippen LogP contribution in [0.15, 0.2) is 140 Å². The molecule has 0 radical (unpaired) electrons. The van der Waals surface area contributed by atoms with Gasteiger partial charge < -0.3 is 42.0 Å². The Morgan fingerprint density at radius 3 is 1.97 bits per heavy atom. The number of piperazine rings is 1. The van der Waals surface area contributed by atoms with Crippen molar-refractivity contribution < 1.29 is 14.3 Å². The summed E-state index contributed by atoms with van der Waals surface area (Å²) in [5, 5.41) is 16.0. The lowest BCUT2D eigenvalue weighted by atomic mass is 10.0. The number of hydrogen-bond acceptors (Lipinski definition) is 9. The molecular formula is C54H56N10O3.